The Morgan fingerprint density at radius 2 is 1.12 bits per heavy atom. The molecule has 6 nitrogen and oxygen atoms in total. The largest absolute Gasteiger partial charge is 0.458 e. The molecule has 0 fully saturated rings. The average Bonchev–Trinajstić information content (AvgIpc) is 2.99. The maximum absolute atomic E-state index is 13.1. The molecule has 1 atom stereocenters. The summed E-state index contributed by atoms with van der Waals surface area (Å²) >= 11 is 0. The number of carbonyl (C=O) groups is 1. The molecule has 0 spiro atoms. The summed E-state index contributed by atoms with van der Waals surface area (Å²) in [4.78, 5) is 12.8. The fourth-order valence-electron chi connectivity index (χ4n) is 4.79. The first kappa shape index (κ1) is 31.2. The second-order valence-corrected chi connectivity index (χ2v) is 13.1. The molecule has 4 aromatic carbocycles. The van der Waals surface area contributed by atoms with Crippen LogP contribution < -0.4 is 0 Å². The Morgan fingerprint density at radius 3 is 1.55 bits per heavy atom. The van der Waals surface area contributed by atoms with Crippen LogP contribution in [0.1, 0.15) is 43.9 Å². The monoisotopic (exact) mass is 586 g/mol. The number of carbonyl (C=O) groups excluding carboxylic acids is 1. The second-order valence-electron chi connectivity index (χ2n) is 11.0. The van der Waals surface area contributed by atoms with Crippen LogP contribution in [0.3, 0.4) is 0 Å². The summed E-state index contributed by atoms with van der Waals surface area (Å²) in [5, 5.41) is 0. The third kappa shape index (κ3) is 8.16. The Morgan fingerprint density at radius 1 is 0.690 bits per heavy atom. The molecule has 0 heterocycles. The van der Waals surface area contributed by atoms with Gasteiger partial charge in [-0.05, 0) is 56.0 Å². The van der Waals surface area contributed by atoms with Gasteiger partial charge in [-0.15, -0.1) is 0 Å². The number of rotatable bonds is 13. The molecule has 0 saturated heterocycles. The highest BCUT2D eigenvalue weighted by molar-refractivity contribution is 7.91. The summed E-state index contributed by atoms with van der Waals surface area (Å²) in [5.74, 6) is -0.701. The molecule has 0 aromatic heterocycles. The maximum atomic E-state index is 13.1. The van der Waals surface area contributed by atoms with Gasteiger partial charge in [-0.2, -0.15) is 0 Å². The van der Waals surface area contributed by atoms with Gasteiger partial charge in [0.1, 0.15) is 17.8 Å². The van der Waals surface area contributed by atoms with E-state index in [-0.39, 0.29) is 30.3 Å². The Labute approximate surface area is 249 Å². The van der Waals surface area contributed by atoms with Gasteiger partial charge in [0.2, 0.25) is 0 Å². The van der Waals surface area contributed by atoms with Gasteiger partial charge in [0.15, 0.2) is 9.84 Å². The second kappa shape index (κ2) is 13.9. The molecule has 0 aliphatic carbocycles. The average molecular weight is 587 g/mol. The third-order valence-corrected chi connectivity index (χ3v) is 8.46. The highest BCUT2D eigenvalue weighted by Gasteiger charge is 2.38. The Kier molecular flexibility index (Phi) is 10.3. The molecule has 0 saturated carbocycles. The molecule has 4 rings (SSSR count). The van der Waals surface area contributed by atoms with Crippen LogP contribution in [0.5, 0.6) is 0 Å². The summed E-state index contributed by atoms with van der Waals surface area (Å²) in [6.45, 7) is 5.04. The molecule has 42 heavy (non-hydrogen) atoms. The van der Waals surface area contributed by atoms with E-state index in [0.29, 0.717) is 0 Å². The number of sulfone groups is 1. The van der Waals surface area contributed by atoms with Crippen molar-refractivity contribution in [3.63, 3.8) is 0 Å². The minimum absolute atomic E-state index is 0.0196. The fraction of sp³-hybridized carbons (Fsp3) is 0.286. The van der Waals surface area contributed by atoms with Crippen molar-refractivity contribution in [1.82, 2.24) is 0 Å². The van der Waals surface area contributed by atoms with Crippen LogP contribution in [0.15, 0.2) is 126 Å². The van der Waals surface area contributed by atoms with Crippen LogP contribution >= 0.6 is 0 Å². The predicted octanol–water partition coefficient (Wildman–Crippen LogP) is 6.59. The van der Waals surface area contributed by atoms with Crippen molar-refractivity contribution >= 4 is 15.8 Å². The lowest BCUT2D eigenvalue weighted by atomic mass is 9.80. The predicted molar refractivity (Wildman–Crippen MR) is 164 cm³/mol. The molecule has 0 radical (unpaired) electrons. The number of esters is 1. The van der Waals surface area contributed by atoms with Crippen molar-refractivity contribution in [1.29, 1.82) is 0 Å². The molecule has 7 heteroatoms. The number of hydrogen-bond acceptors (Lipinski definition) is 6. The number of benzene rings is 4. The molecular formula is C35H38O6S. The molecule has 0 aliphatic heterocycles. The van der Waals surface area contributed by atoms with Gasteiger partial charge in [0.05, 0.1) is 23.4 Å². The van der Waals surface area contributed by atoms with Crippen LogP contribution in [0.25, 0.3) is 0 Å². The van der Waals surface area contributed by atoms with E-state index in [1.165, 1.54) is 0 Å². The summed E-state index contributed by atoms with van der Waals surface area (Å²) in [6.07, 6.45) is -0.597. The van der Waals surface area contributed by atoms with Gasteiger partial charge in [-0.3, -0.25) is 0 Å². The Hall–Kier alpha value is -3.78. The van der Waals surface area contributed by atoms with Crippen molar-refractivity contribution in [2.75, 3.05) is 19.0 Å². The minimum Gasteiger partial charge on any atom is -0.458 e. The van der Waals surface area contributed by atoms with Crippen LogP contribution in [0, 0.1) is 0 Å². The summed E-state index contributed by atoms with van der Waals surface area (Å²) in [6, 6.07) is 38.0. The van der Waals surface area contributed by atoms with Crippen LogP contribution in [0.2, 0.25) is 0 Å². The van der Waals surface area contributed by atoms with Gasteiger partial charge in [-0.1, -0.05) is 109 Å². The van der Waals surface area contributed by atoms with Crippen molar-refractivity contribution < 1.29 is 27.4 Å². The molecule has 0 aliphatic rings. The van der Waals surface area contributed by atoms with Crippen LogP contribution in [0.4, 0.5) is 0 Å². The van der Waals surface area contributed by atoms with E-state index in [4.69, 9.17) is 14.2 Å². The summed E-state index contributed by atoms with van der Waals surface area (Å²) < 4.78 is 44.6. The van der Waals surface area contributed by atoms with Gasteiger partial charge >= 0.3 is 5.97 Å². The number of hydrogen-bond donors (Lipinski definition) is 0. The van der Waals surface area contributed by atoms with Crippen molar-refractivity contribution in [3.8, 4) is 0 Å². The lowest BCUT2D eigenvalue weighted by Gasteiger charge is -2.37. The van der Waals surface area contributed by atoms with Gasteiger partial charge < -0.3 is 14.2 Å². The molecule has 0 amide bonds. The van der Waals surface area contributed by atoms with E-state index in [1.54, 1.807) is 51.1 Å². The van der Waals surface area contributed by atoms with E-state index < -0.39 is 33.1 Å². The standard InChI is InChI=1S/C35H38O6S/c1-34(2,3)41-33(36)27-39-31(24-25-42(37,38)32-22-14-7-15-23-32)26-40-35(28-16-8-4-9-17-28,29-18-10-5-11-19-29)30-20-12-6-13-21-30/h4-23,31H,24-27H2,1-3H3. The van der Waals surface area contributed by atoms with Gasteiger partial charge in [0.25, 0.3) is 0 Å². The minimum atomic E-state index is -3.58. The van der Waals surface area contributed by atoms with E-state index in [2.05, 4.69) is 0 Å². The van der Waals surface area contributed by atoms with Gasteiger partial charge in [-0.25, -0.2) is 13.2 Å². The summed E-state index contributed by atoms with van der Waals surface area (Å²) in [7, 11) is -3.58. The van der Waals surface area contributed by atoms with Crippen LogP contribution in [-0.4, -0.2) is 45.1 Å². The highest BCUT2D eigenvalue weighted by Crippen LogP contribution is 2.40. The first-order valence-corrected chi connectivity index (χ1v) is 15.7. The van der Waals surface area contributed by atoms with Crippen LogP contribution in [-0.2, 0) is 34.4 Å². The lowest BCUT2D eigenvalue weighted by Crippen LogP contribution is -2.37. The quantitative estimate of drug-likeness (QED) is 0.130. The van der Waals surface area contributed by atoms with E-state index >= 15 is 0 Å². The zero-order valence-corrected chi connectivity index (χ0v) is 25.1. The molecule has 1 unspecified atom stereocenters. The van der Waals surface area contributed by atoms with Crippen molar-refractivity contribution in [3.05, 3.63) is 138 Å². The Balaban J connectivity index is 1.67. The van der Waals surface area contributed by atoms with Crippen molar-refractivity contribution in [2.45, 2.75) is 49.4 Å². The zero-order chi connectivity index (χ0) is 30.1. The zero-order valence-electron chi connectivity index (χ0n) is 24.3. The van der Waals surface area contributed by atoms with Gasteiger partial charge in [0, 0.05) is 0 Å². The third-order valence-electron chi connectivity index (χ3n) is 6.69. The normalized spacial score (nSPS) is 12.9. The fourth-order valence-corrected chi connectivity index (χ4v) is 6.17. The smallest absolute Gasteiger partial charge is 0.332 e. The summed E-state index contributed by atoms with van der Waals surface area (Å²) in [5.41, 5.74) is 1.03. The molecule has 4 aromatic rings. The first-order valence-electron chi connectivity index (χ1n) is 14.0. The molecule has 220 valence electrons. The van der Waals surface area contributed by atoms with E-state index in [1.807, 2.05) is 91.0 Å². The SMILES string of the molecule is CC(C)(C)OC(=O)COC(CCS(=O)(=O)c1ccccc1)COC(c1ccccc1)(c1ccccc1)c1ccccc1. The maximum Gasteiger partial charge on any atom is 0.332 e. The molecule has 0 N–H and O–H groups in total. The molecule has 0 bridgehead atoms. The van der Waals surface area contributed by atoms with E-state index in [0.717, 1.165) is 16.7 Å². The Bertz CT molecular complexity index is 1400. The highest BCUT2D eigenvalue weighted by atomic mass is 32.2. The van der Waals surface area contributed by atoms with E-state index in [9.17, 15) is 13.2 Å². The molecular weight excluding hydrogens is 548 g/mol. The topological polar surface area (TPSA) is 78.9 Å². The van der Waals surface area contributed by atoms with Crippen molar-refractivity contribution in [2.24, 2.45) is 0 Å². The lowest BCUT2D eigenvalue weighted by molar-refractivity contribution is -0.164. The first-order chi connectivity index (χ1) is 20.1. The number of ether oxygens (including phenoxy) is 3.